The molecule has 1 aliphatic heterocycles. The average Bonchev–Trinajstić information content (AvgIpc) is 2.72. The molecule has 1 aliphatic rings. The number of benzene rings is 1. The summed E-state index contributed by atoms with van der Waals surface area (Å²) in [5.41, 5.74) is -0.707. The molecule has 0 bridgehead atoms. The van der Waals surface area contributed by atoms with E-state index in [1.165, 1.54) is 32.0 Å². The standard InChI is InChI=1S/C18H26BClF3NO3S/c1-15(2,28(24)25)10-13(18(21,22)23)12-8-7-11(9-14(12)20)19-26-16(3,4)17(5,6)27-19/h7-9,13H,10,24H2,1-6H3/t13-,28?/m0/s1. The lowest BCUT2D eigenvalue weighted by Gasteiger charge is -2.32. The summed E-state index contributed by atoms with van der Waals surface area (Å²) < 4.78 is 63.5. The Kier molecular flexibility index (Phi) is 6.41. The smallest absolute Gasteiger partial charge is 0.399 e. The summed E-state index contributed by atoms with van der Waals surface area (Å²) in [5.74, 6) is -1.89. The van der Waals surface area contributed by atoms with E-state index in [0.717, 1.165) is 0 Å². The molecule has 28 heavy (non-hydrogen) atoms. The van der Waals surface area contributed by atoms with E-state index < -0.39 is 52.6 Å². The zero-order valence-corrected chi connectivity index (χ0v) is 18.4. The molecule has 0 aromatic heterocycles. The van der Waals surface area contributed by atoms with Crippen molar-refractivity contribution in [1.29, 1.82) is 0 Å². The molecule has 1 heterocycles. The number of nitrogens with two attached hydrogens (primary N) is 1. The Bertz CT molecular complexity index is 755. The zero-order chi connectivity index (χ0) is 21.7. The van der Waals surface area contributed by atoms with Gasteiger partial charge in [-0.25, -0.2) is 4.21 Å². The van der Waals surface area contributed by atoms with E-state index >= 15 is 0 Å². The summed E-state index contributed by atoms with van der Waals surface area (Å²) in [6, 6.07) is 4.29. The van der Waals surface area contributed by atoms with Crippen LogP contribution < -0.4 is 10.6 Å². The van der Waals surface area contributed by atoms with Crippen molar-refractivity contribution in [3.05, 3.63) is 28.8 Å². The maximum absolute atomic E-state index is 13.7. The van der Waals surface area contributed by atoms with Crippen molar-refractivity contribution < 1.29 is 26.7 Å². The van der Waals surface area contributed by atoms with Crippen molar-refractivity contribution in [2.24, 2.45) is 5.14 Å². The predicted molar refractivity (Wildman–Crippen MR) is 107 cm³/mol. The van der Waals surface area contributed by atoms with E-state index in [1.807, 2.05) is 27.7 Å². The zero-order valence-electron chi connectivity index (χ0n) is 16.8. The summed E-state index contributed by atoms with van der Waals surface area (Å²) in [6.45, 7) is 10.4. The molecule has 0 saturated carbocycles. The van der Waals surface area contributed by atoms with Crippen molar-refractivity contribution in [2.75, 3.05) is 0 Å². The molecular formula is C18H26BClF3NO3S. The first-order chi connectivity index (χ1) is 12.5. The molecule has 1 saturated heterocycles. The van der Waals surface area contributed by atoms with Gasteiger partial charge >= 0.3 is 13.3 Å². The lowest BCUT2D eigenvalue weighted by atomic mass is 9.77. The quantitative estimate of drug-likeness (QED) is 0.703. The molecule has 10 heteroatoms. The normalized spacial score (nSPS) is 21.6. The van der Waals surface area contributed by atoms with Crippen molar-refractivity contribution in [3.8, 4) is 0 Å². The molecule has 2 rings (SSSR count). The minimum atomic E-state index is -4.56. The highest BCUT2D eigenvalue weighted by Crippen LogP contribution is 2.44. The Hall–Kier alpha value is -0.605. The van der Waals surface area contributed by atoms with E-state index in [0.29, 0.717) is 5.46 Å². The molecule has 1 fully saturated rings. The van der Waals surface area contributed by atoms with Crippen LogP contribution in [-0.2, 0) is 20.3 Å². The fourth-order valence-corrected chi connectivity index (χ4v) is 3.58. The summed E-state index contributed by atoms with van der Waals surface area (Å²) in [6.07, 6.45) is -5.01. The Morgan fingerprint density at radius 3 is 2.07 bits per heavy atom. The largest absolute Gasteiger partial charge is 0.494 e. The fraction of sp³-hybridized carbons (Fsp3) is 0.667. The molecule has 1 unspecified atom stereocenters. The Morgan fingerprint density at radius 1 is 1.18 bits per heavy atom. The van der Waals surface area contributed by atoms with Crippen LogP contribution in [0.25, 0.3) is 0 Å². The van der Waals surface area contributed by atoms with Crippen LogP contribution in [0.4, 0.5) is 13.2 Å². The van der Waals surface area contributed by atoms with Crippen LogP contribution in [0.5, 0.6) is 0 Å². The summed E-state index contributed by atoms with van der Waals surface area (Å²) >= 11 is 6.24. The van der Waals surface area contributed by atoms with Gasteiger partial charge in [-0.2, -0.15) is 13.2 Å². The number of alkyl halides is 3. The highest BCUT2D eigenvalue weighted by molar-refractivity contribution is 7.84. The number of halogens is 4. The first-order valence-electron chi connectivity index (χ1n) is 8.86. The second-order valence-electron chi connectivity index (χ2n) is 8.72. The molecule has 2 atom stereocenters. The fourth-order valence-electron chi connectivity index (χ4n) is 2.93. The van der Waals surface area contributed by atoms with Crippen molar-refractivity contribution in [2.45, 2.75) is 76.0 Å². The highest BCUT2D eigenvalue weighted by Gasteiger charge is 2.52. The average molecular weight is 440 g/mol. The maximum Gasteiger partial charge on any atom is 0.494 e. The lowest BCUT2D eigenvalue weighted by molar-refractivity contribution is -0.153. The van der Waals surface area contributed by atoms with E-state index in [-0.39, 0.29) is 10.6 Å². The van der Waals surface area contributed by atoms with Crippen LogP contribution in [0.15, 0.2) is 18.2 Å². The molecular weight excluding hydrogens is 414 g/mol. The number of hydrogen-bond donors (Lipinski definition) is 1. The van der Waals surface area contributed by atoms with Gasteiger partial charge in [-0.1, -0.05) is 23.7 Å². The van der Waals surface area contributed by atoms with Crippen LogP contribution in [-0.4, -0.2) is 33.5 Å². The number of rotatable bonds is 5. The lowest BCUT2D eigenvalue weighted by Crippen LogP contribution is -2.41. The molecule has 1 aromatic rings. The minimum Gasteiger partial charge on any atom is -0.399 e. The monoisotopic (exact) mass is 439 g/mol. The van der Waals surface area contributed by atoms with Crippen molar-refractivity contribution in [3.63, 3.8) is 0 Å². The van der Waals surface area contributed by atoms with Gasteiger partial charge in [0.2, 0.25) is 0 Å². The van der Waals surface area contributed by atoms with Gasteiger partial charge in [-0.15, -0.1) is 0 Å². The molecule has 158 valence electrons. The molecule has 0 amide bonds. The van der Waals surface area contributed by atoms with Crippen molar-refractivity contribution in [1.82, 2.24) is 0 Å². The topological polar surface area (TPSA) is 61.6 Å². The summed E-state index contributed by atoms with van der Waals surface area (Å²) in [4.78, 5) is 0. The van der Waals surface area contributed by atoms with Gasteiger partial charge in [0.15, 0.2) is 0 Å². The molecule has 0 radical (unpaired) electrons. The van der Waals surface area contributed by atoms with E-state index in [2.05, 4.69) is 0 Å². The molecule has 1 aromatic carbocycles. The van der Waals surface area contributed by atoms with Gasteiger partial charge in [0, 0.05) is 5.02 Å². The third-order valence-corrected chi connectivity index (χ3v) is 7.14. The van der Waals surface area contributed by atoms with Crippen molar-refractivity contribution >= 4 is 35.2 Å². The van der Waals surface area contributed by atoms with Gasteiger partial charge < -0.3 is 9.31 Å². The molecule has 0 aliphatic carbocycles. The van der Waals surface area contributed by atoms with Gasteiger partial charge in [0.25, 0.3) is 0 Å². The van der Waals surface area contributed by atoms with Gasteiger partial charge in [0.05, 0.1) is 32.9 Å². The van der Waals surface area contributed by atoms with E-state index in [1.54, 1.807) is 0 Å². The van der Waals surface area contributed by atoms with E-state index in [9.17, 15) is 17.4 Å². The minimum absolute atomic E-state index is 0.0480. The first-order valence-corrected chi connectivity index (χ1v) is 10.4. The maximum atomic E-state index is 13.7. The second-order valence-corrected chi connectivity index (χ2v) is 10.8. The second kappa shape index (κ2) is 7.58. The SMILES string of the molecule is CC(C)(C[C@@H](c1ccc(B2OC(C)(C)C(C)(C)O2)cc1Cl)C(F)(F)F)S(N)=O. The third-order valence-electron chi connectivity index (χ3n) is 5.56. The van der Waals surface area contributed by atoms with Gasteiger partial charge in [-0.05, 0) is 65.1 Å². The molecule has 2 N–H and O–H groups in total. The van der Waals surface area contributed by atoms with Gasteiger partial charge in [0.1, 0.15) is 0 Å². The molecule has 0 spiro atoms. The summed E-state index contributed by atoms with van der Waals surface area (Å²) in [7, 11) is -2.65. The van der Waals surface area contributed by atoms with Gasteiger partial charge in [-0.3, -0.25) is 5.14 Å². The Labute approximate surface area is 172 Å². The third kappa shape index (κ3) is 4.75. The Balaban J connectivity index is 2.37. The first kappa shape index (κ1) is 23.7. The summed E-state index contributed by atoms with van der Waals surface area (Å²) in [5, 5.41) is 5.33. The van der Waals surface area contributed by atoms with Crippen LogP contribution in [0.2, 0.25) is 5.02 Å². The molecule has 4 nitrogen and oxygen atoms in total. The van der Waals surface area contributed by atoms with Crippen LogP contribution in [0.3, 0.4) is 0 Å². The Morgan fingerprint density at radius 2 is 1.68 bits per heavy atom. The van der Waals surface area contributed by atoms with Crippen LogP contribution in [0, 0.1) is 0 Å². The van der Waals surface area contributed by atoms with Crippen LogP contribution in [0.1, 0.15) is 59.4 Å². The van der Waals surface area contributed by atoms with Crippen LogP contribution >= 0.6 is 11.6 Å². The highest BCUT2D eigenvalue weighted by atomic mass is 35.5. The number of hydrogen-bond acceptors (Lipinski definition) is 3. The predicted octanol–water partition coefficient (Wildman–Crippen LogP) is 4.08. The van der Waals surface area contributed by atoms with E-state index in [4.69, 9.17) is 26.0 Å².